The Balaban J connectivity index is 2.57. The van der Waals surface area contributed by atoms with Crippen LogP contribution < -0.4 is 9.47 Å². The predicted octanol–water partition coefficient (Wildman–Crippen LogP) is 3.24. The maximum absolute atomic E-state index is 9.38. The molecule has 1 aliphatic heterocycles. The van der Waals surface area contributed by atoms with Gasteiger partial charge in [-0.05, 0) is 43.4 Å². The summed E-state index contributed by atoms with van der Waals surface area (Å²) in [5.41, 5.74) is 5.16. The normalized spacial score (nSPS) is 14.6. The third-order valence-corrected chi connectivity index (χ3v) is 4.21. The van der Waals surface area contributed by atoms with Crippen molar-refractivity contribution in [1.82, 2.24) is 0 Å². The van der Waals surface area contributed by atoms with E-state index < -0.39 is 0 Å². The molecule has 23 heavy (non-hydrogen) atoms. The number of hydrogen-bond donors (Lipinski definition) is 1. The zero-order chi connectivity index (χ0) is 16.8. The zero-order valence-electron chi connectivity index (χ0n) is 14.4. The third-order valence-electron chi connectivity index (χ3n) is 4.21. The minimum Gasteiger partial charge on any atom is -0.496 e. The minimum atomic E-state index is 0.0731. The van der Waals surface area contributed by atoms with Gasteiger partial charge in [0.05, 0.1) is 20.3 Å². The van der Waals surface area contributed by atoms with Crippen LogP contribution in [0.25, 0.3) is 0 Å². The summed E-state index contributed by atoms with van der Waals surface area (Å²) < 4.78 is 11.6. The van der Waals surface area contributed by atoms with Gasteiger partial charge >= 0.3 is 0 Å². The Morgan fingerprint density at radius 1 is 1.17 bits per heavy atom. The molecule has 0 atom stereocenters. The molecule has 1 aromatic rings. The standard InChI is InChI=1S/C18H26O5/c1-5-13(9-19)7-8-14-17(20-4)12(3)15-10-22-23-11-16(15)18(14)21-6-2/h7,19H,5-6,8-11H2,1-4H3/b13-7+. The molecular weight excluding hydrogens is 296 g/mol. The summed E-state index contributed by atoms with van der Waals surface area (Å²) in [6.45, 7) is 7.43. The molecule has 0 bridgehead atoms. The molecule has 1 N–H and O–H groups in total. The first-order valence-corrected chi connectivity index (χ1v) is 8.04. The average molecular weight is 322 g/mol. The van der Waals surface area contributed by atoms with E-state index in [4.69, 9.17) is 19.2 Å². The lowest BCUT2D eigenvalue weighted by molar-refractivity contribution is -0.322. The minimum absolute atomic E-state index is 0.0731. The van der Waals surface area contributed by atoms with Crippen molar-refractivity contribution >= 4 is 0 Å². The van der Waals surface area contributed by atoms with Gasteiger partial charge in [-0.1, -0.05) is 13.0 Å². The first kappa shape index (κ1) is 17.8. The molecule has 5 heteroatoms. The van der Waals surface area contributed by atoms with Gasteiger partial charge in [-0.3, -0.25) is 0 Å². The second-order valence-corrected chi connectivity index (χ2v) is 5.46. The predicted molar refractivity (Wildman–Crippen MR) is 87.6 cm³/mol. The van der Waals surface area contributed by atoms with Crippen molar-refractivity contribution in [3.05, 3.63) is 33.9 Å². The number of hydrogen-bond acceptors (Lipinski definition) is 5. The van der Waals surface area contributed by atoms with Gasteiger partial charge in [0, 0.05) is 11.1 Å². The van der Waals surface area contributed by atoms with Crippen LogP contribution in [0.3, 0.4) is 0 Å². The molecule has 1 aromatic carbocycles. The van der Waals surface area contributed by atoms with E-state index in [0.717, 1.165) is 45.7 Å². The maximum atomic E-state index is 9.38. The van der Waals surface area contributed by atoms with Crippen molar-refractivity contribution in [2.75, 3.05) is 20.3 Å². The molecular formula is C18H26O5. The number of benzene rings is 1. The third kappa shape index (κ3) is 3.68. The summed E-state index contributed by atoms with van der Waals surface area (Å²) in [4.78, 5) is 10.3. The summed E-state index contributed by atoms with van der Waals surface area (Å²) in [5.74, 6) is 1.64. The molecule has 1 heterocycles. The lowest BCUT2D eigenvalue weighted by Crippen LogP contribution is -2.15. The van der Waals surface area contributed by atoms with Gasteiger partial charge in [0.15, 0.2) is 0 Å². The molecule has 0 aliphatic carbocycles. The molecule has 0 saturated heterocycles. The molecule has 5 nitrogen and oxygen atoms in total. The number of aliphatic hydroxyl groups excluding tert-OH is 1. The van der Waals surface area contributed by atoms with Crippen molar-refractivity contribution in [2.45, 2.75) is 46.8 Å². The Kier molecular flexibility index (Phi) is 6.45. The van der Waals surface area contributed by atoms with E-state index in [9.17, 15) is 5.11 Å². The second kappa shape index (κ2) is 8.34. The Morgan fingerprint density at radius 2 is 1.87 bits per heavy atom. The molecule has 1 aliphatic rings. The first-order chi connectivity index (χ1) is 11.2. The van der Waals surface area contributed by atoms with Crippen LogP contribution in [-0.2, 0) is 29.4 Å². The highest BCUT2D eigenvalue weighted by Crippen LogP contribution is 2.41. The highest BCUT2D eigenvalue weighted by atomic mass is 17.2. The molecule has 0 amide bonds. The quantitative estimate of drug-likeness (QED) is 0.617. The number of ether oxygens (including phenoxy) is 2. The number of methoxy groups -OCH3 is 1. The highest BCUT2D eigenvalue weighted by molar-refractivity contribution is 5.59. The molecule has 0 fully saturated rings. The van der Waals surface area contributed by atoms with Crippen molar-refractivity contribution in [3.8, 4) is 11.5 Å². The summed E-state index contributed by atoms with van der Waals surface area (Å²) in [6, 6.07) is 0. The first-order valence-electron chi connectivity index (χ1n) is 8.04. The maximum Gasteiger partial charge on any atom is 0.132 e. The SMILES string of the molecule is CCOc1c2c(c(C)c(OC)c1C/C=C(\CC)CO)COOC2. The van der Waals surface area contributed by atoms with Gasteiger partial charge in [-0.15, -0.1) is 0 Å². The van der Waals surface area contributed by atoms with Crippen LogP contribution in [-0.4, -0.2) is 25.4 Å². The molecule has 0 unspecified atom stereocenters. The van der Waals surface area contributed by atoms with E-state index >= 15 is 0 Å². The fraction of sp³-hybridized carbons (Fsp3) is 0.556. The van der Waals surface area contributed by atoms with Crippen molar-refractivity contribution in [1.29, 1.82) is 0 Å². The Labute approximate surface area is 137 Å². The van der Waals surface area contributed by atoms with E-state index in [2.05, 4.69) is 0 Å². The molecule has 0 aromatic heterocycles. The lowest BCUT2D eigenvalue weighted by Gasteiger charge is -2.26. The van der Waals surface area contributed by atoms with Gasteiger partial charge in [-0.25, -0.2) is 9.78 Å². The summed E-state index contributed by atoms with van der Waals surface area (Å²) in [7, 11) is 1.67. The number of fused-ring (bicyclic) bond motifs is 1. The van der Waals surface area contributed by atoms with E-state index in [1.54, 1.807) is 7.11 Å². The van der Waals surface area contributed by atoms with Crippen LogP contribution in [0, 0.1) is 6.92 Å². The van der Waals surface area contributed by atoms with Gasteiger partial charge in [0.1, 0.15) is 24.7 Å². The summed E-state index contributed by atoms with van der Waals surface area (Å²) in [6.07, 6.45) is 3.52. The molecule has 0 spiro atoms. The summed E-state index contributed by atoms with van der Waals surface area (Å²) >= 11 is 0. The Hall–Kier alpha value is -1.56. The van der Waals surface area contributed by atoms with Crippen LogP contribution in [0.4, 0.5) is 0 Å². The van der Waals surface area contributed by atoms with E-state index in [0.29, 0.717) is 26.2 Å². The van der Waals surface area contributed by atoms with Crippen LogP contribution >= 0.6 is 0 Å². The van der Waals surface area contributed by atoms with Crippen molar-refractivity contribution in [3.63, 3.8) is 0 Å². The largest absolute Gasteiger partial charge is 0.496 e. The number of rotatable bonds is 7. The topological polar surface area (TPSA) is 57.2 Å². The Bertz CT molecular complexity index is 572. The number of allylic oxidation sites excluding steroid dienone is 1. The van der Waals surface area contributed by atoms with Crippen LogP contribution in [0.5, 0.6) is 11.5 Å². The Morgan fingerprint density at radius 3 is 2.43 bits per heavy atom. The van der Waals surface area contributed by atoms with E-state index in [1.807, 2.05) is 26.8 Å². The highest BCUT2D eigenvalue weighted by Gasteiger charge is 2.26. The molecule has 0 saturated carbocycles. The van der Waals surface area contributed by atoms with Crippen LogP contribution in [0.2, 0.25) is 0 Å². The van der Waals surface area contributed by atoms with E-state index in [-0.39, 0.29) is 6.61 Å². The number of aliphatic hydroxyl groups is 1. The molecule has 0 radical (unpaired) electrons. The van der Waals surface area contributed by atoms with Gasteiger partial charge in [0.25, 0.3) is 0 Å². The molecule has 128 valence electrons. The van der Waals surface area contributed by atoms with Crippen LogP contribution in [0.15, 0.2) is 11.6 Å². The van der Waals surface area contributed by atoms with Gasteiger partial charge in [-0.2, -0.15) is 0 Å². The van der Waals surface area contributed by atoms with Gasteiger partial charge < -0.3 is 14.6 Å². The van der Waals surface area contributed by atoms with Crippen molar-refractivity contribution in [2.24, 2.45) is 0 Å². The lowest BCUT2D eigenvalue weighted by atomic mass is 9.93. The monoisotopic (exact) mass is 322 g/mol. The van der Waals surface area contributed by atoms with Crippen LogP contribution in [0.1, 0.15) is 42.5 Å². The smallest absolute Gasteiger partial charge is 0.132 e. The second-order valence-electron chi connectivity index (χ2n) is 5.46. The van der Waals surface area contributed by atoms with Gasteiger partial charge in [0.2, 0.25) is 0 Å². The molecule has 2 rings (SSSR count). The van der Waals surface area contributed by atoms with E-state index in [1.165, 1.54) is 0 Å². The zero-order valence-corrected chi connectivity index (χ0v) is 14.4. The summed E-state index contributed by atoms with van der Waals surface area (Å²) in [5, 5.41) is 9.38. The fourth-order valence-corrected chi connectivity index (χ4v) is 2.91. The van der Waals surface area contributed by atoms with Crippen molar-refractivity contribution < 1.29 is 24.4 Å². The fourth-order valence-electron chi connectivity index (χ4n) is 2.91. The average Bonchev–Trinajstić information content (AvgIpc) is 2.59.